The van der Waals surface area contributed by atoms with Crippen LogP contribution in [0, 0.1) is 0 Å². The van der Waals surface area contributed by atoms with Gasteiger partial charge in [0.05, 0.1) is 19.3 Å². The lowest BCUT2D eigenvalue weighted by molar-refractivity contribution is -0.141. The molecule has 0 rings (SSSR count). The van der Waals surface area contributed by atoms with Crippen molar-refractivity contribution in [3.63, 3.8) is 0 Å². The Morgan fingerprint density at radius 2 is 2.07 bits per heavy atom. The van der Waals surface area contributed by atoms with Gasteiger partial charge in [0.25, 0.3) is 0 Å². The highest BCUT2D eigenvalue weighted by atomic mass is 32.2. The molecule has 0 aromatic rings. The van der Waals surface area contributed by atoms with E-state index in [1.807, 2.05) is 6.92 Å². The maximum Gasteiger partial charge on any atom is 0.307 e. The first kappa shape index (κ1) is 14.4. The molecule has 0 bridgehead atoms. The van der Waals surface area contributed by atoms with Gasteiger partial charge < -0.3 is 10.1 Å². The van der Waals surface area contributed by atoms with E-state index >= 15 is 0 Å². The molecule has 0 saturated heterocycles. The second-order valence-corrected chi connectivity index (χ2v) is 5.88. The number of carbonyl (C=O) groups excluding carboxylic acids is 1. The molecule has 1 atom stereocenters. The van der Waals surface area contributed by atoms with Gasteiger partial charge in [-0.1, -0.05) is 0 Å². The zero-order chi connectivity index (χ0) is 11.9. The molecule has 0 fully saturated rings. The van der Waals surface area contributed by atoms with Crippen molar-refractivity contribution in [3.05, 3.63) is 0 Å². The number of methoxy groups -OCH3 is 1. The molecule has 15 heavy (non-hydrogen) atoms. The second kappa shape index (κ2) is 6.79. The van der Waals surface area contributed by atoms with Crippen molar-refractivity contribution >= 4 is 15.8 Å². The first-order valence-electron chi connectivity index (χ1n) is 4.83. The van der Waals surface area contributed by atoms with Gasteiger partial charge in [-0.05, 0) is 19.9 Å². The van der Waals surface area contributed by atoms with Gasteiger partial charge in [0.1, 0.15) is 9.84 Å². The average molecular weight is 237 g/mol. The van der Waals surface area contributed by atoms with Gasteiger partial charge in [-0.2, -0.15) is 0 Å². The van der Waals surface area contributed by atoms with Gasteiger partial charge in [-0.3, -0.25) is 4.79 Å². The van der Waals surface area contributed by atoms with Crippen LogP contribution >= 0.6 is 0 Å². The van der Waals surface area contributed by atoms with E-state index in [0.717, 1.165) is 0 Å². The second-order valence-electron chi connectivity index (χ2n) is 3.62. The molecule has 0 amide bonds. The lowest BCUT2D eigenvalue weighted by Crippen LogP contribution is -2.30. The van der Waals surface area contributed by atoms with Gasteiger partial charge in [-0.15, -0.1) is 0 Å². The summed E-state index contributed by atoms with van der Waals surface area (Å²) in [6.07, 6.45) is 2.07. The van der Waals surface area contributed by atoms with Crippen LogP contribution in [0.3, 0.4) is 0 Å². The van der Waals surface area contributed by atoms with Gasteiger partial charge in [0.2, 0.25) is 0 Å². The van der Waals surface area contributed by atoms with Crippen molar-refractivity contribution in [3.8, 4) is 0 Å². The highest BCUT2D eigenvalue weighted by Crippen LogP contribution is 1.94. The number of sulfone groups is 1. The van der Waals surface area contributed by atoms with Crippen LogP contribution in [0.25, 0.3) is 0 Å². The van der Waals surface area contributed by atoms with Crippen molar-refractivity contribution in [2.24, 2.45) is 0 Å². The molecule has 1 N–H and O–H groups in total. The minimum Gasteiger partial charge on any atom is -0.469 e. The van der Waals surface area contributed by atoms with E-state index in [4.69, 9.17) is 0 Å². The van der Waals surface area contributed by atoms with Crippen molar-refractivity contribution in [2.75, 3.05) is 25.7 Å². The van der Waals surface area contributed by atoms with E-state index in [2.05, 4.69) is 10.1 Å². The quantitative estimate of drug-likeness (QED) is 0.497. The molecular formula is C9H19NO4S. The number of carbonyl (C=O) groups is 1. The van der Waals surface area contributed by atoms with E-state index in [9.17, 15) is 13.2 Å². The molecule has 0 aromatic carbocycles. The Bertz CT molecular complexity index is 286. The Labute approximate surface area is 91.1 Å². The number of nitrogens with one attached hydrogen (secondary N) is 1. The highest BCUT2D eigenvalue weighted by Gasteiger charge is 2.08. The fraction of sp³-hybridized carbons (Fsp3) is 0.889. The van der Waals surface area contributed by atoms with Crippen LogP contribution in [0.2, 0.25) is 0 Å². The average Bonchev–Trinajstić information content (AvgIpc) is 2.11. The fourth-order valence-corrected chi connectivity index (χ4v) is 1.76. The number of ether oxygens (including phenoxy) is 1. The van der Waals surface area contributed by atoms with E-state index in [1.165, 1.54) is 13.4 Å². The summed E-state index contributed by atoms with van der Waals surface area (Å²) in [5, 5.41) is 3.06. The predicted octanol–water partition coefficient (Wildman–Crippen LogP) is -0.0377. The summed E-state index contributed by atoms with van der Waals surface area (Å²) in [4.78, 5) is 10.9. The van der Waals surface area contributed by atoms with Gasteiger partial charge in [0, 0.05) is 12.3 Å². The molecule has 90 valence electrons. The summed E-state index contributed by atoms with van der Waals surface area (Å²) < 4.78 is 26.1. The molecule has 0 heterocycles. The van der Waals surface area contributed by atoms with Crippen LogP contribution in [-0.2, 0) is 19.4 Å². The molecule has 0 aliphatic rings. The molecule has 5 nitrogen and oxygen atoms in total. The highest BCUT2D eigenvalue weighted by molar-refractivity contribution is 7.90. The molecular weight excluding hydrogens is 218 g/mol. The van der Waals surface area contributed by atoms with Crippen molar-refractivity contribution in [1.82, 2.24) is 5.32 Å². The molecule has 0 aliphatic carbocycles. The van der Waals surface area contributed by atoms with Crippen LogP contribution in [0.5, 0.6) is 0 Å². The van der Waals surface area contributed by atoms with Crippen LogP contribution in [0.1, 0.15) is 19.8 Å². The van der Waals surface area contributed by atoms with Crippen molar-refractivity contribution in [1.29, 1.82) is 0 Å². The smallest absolute Gasteiger partial charge is 0.307 e. The van der Waals surface area contributed by atoms with Crippen molar-refractivity contribution in [2.45, 2.75) is 25.8 Å². The summed E-state index contributed by atoms with van der Waals surface area (Å²) in [5.74, 6) is -0.0941. The molecule has 0 saturated carbocycles. The van der Waals surface area contributed by atoms with Crippen LogP contribution in [0.15, 0.2) is 0 Å². The molecule has 6 heteroatoms. The van der Waals surface area contributed by atoms with Crippen LogP contribution in [-0.4, -0.2) is 46.1 Å². The Kier molecular flexibility index (Phi) is 6.51. The summed E-state index contributed by atoms with van der Waals surface area (Å²) >= 11 is 0. The third kappa shape index (κ3) is 9.68. The van der Waals surface area contributed by atoms with Crippen molar-refractivity contribution < 1.29 is 17.9 Å². The van der Waals surface area contributed by atoms with E-state index in [0.29, 0.717) is 19.4 Å². The number of hydrogen-bond donors (Lipinski definition) is 1. The minimum absolute atomic E-state index is 0.0111. The largest absolute Gasteiger partial charge is 0.469 e. The molecule has 0 aromatic heterocycles. The predicted molar refractivity (Wildman–Crippen MR) is 58.4 cm³/mol. The lowest BCUT2D eigenvalue weighted by Gasteiger charge is -2.11. The molecule has 1 unspecified atom stereocenters. The van der Waals surface area contributed by atoms with E-state index in [1.54, 1.807) is 0 Å². The summed E-state index contributed by atoms with van der Waals surface area (Å²) in [6.45, 7) is 2.45. The van der Waals surface area contributed by atoms with E-state index < -0.39 is 9.84 Å². The molecule has 0 spiro atoms. The third-order valence-electron chi connectivity index (χ3n) is 1.89. The summed E-state index contributed by atoms with van der Waals surface area (Å²) in [7, 11) is -1.54. The standard InChI is InChI=1S/C9H19NO4S/c1-8(7-9(11)14-2)10-5-4-6-15(3,12)13/h8,10H,4-7H2,1-3H3. The monoisotopic (exact) mass is 237 g/mol. The molecule has 0 aliphatic heterocycles. The Morgan fingerprint density at radius 1 is 1.47 bits per heavy atom. The SMILES string of the molecule is COC(=O)CC(C)NCCCS(C)(=O)=O. The minimum atomic E-state index is -2.88. The van der Waals surface area contributed by atoms with Crippen LogP contribution in [0.4, 0.5) is 0 Å². The summed E-state index contributed by atoms with van der Waals surface area (Å²) in [6, 6.07) is 0.0111. The van der Waals surface area contributed by atoms with Gasteiger partial charge in [-0.25, -0.2) is 8.42 Å². The number of rotatable bonds is 7. The maximum absolute atomic E-state index is 10.9. The number of esters is 1. The Balaban J connectivity index is 3.56. The fourth-order valence-electron chi connectivity index (χ4n) is 1.09. The normalized spacial score (nSPS) is 13.5. The zero-order valence-electron chi connectivity index (χ0n) is 9.45. The zero-order valence-corrected chi connectivity index (χ0v) is 10.3. The Hall–Kier alpha value is -0.620. The molecule has 0 radical (unpaired) electrons. The first-order chi connectivity index (χ1) is 6.85. The first-order valence-corrected chi connectivity index (χ1v) is 6.89. The summed E-state index contributed by atoms with van der Waals surface area (Å²) in [5.41, 5.74) is 0. The van der Waals surface area contributed by atoms with Gasteiger partial charge >= 0.3 is 5.97 Å². The lowest BCUT2D eigenvalue weighted by atomic mass is 10.2. The maximum atomic E-state index is 10.9. The third-order valence-corrected chi connectivity index (χ3v) is 2.92. The van der Waals surface area contributed by atoms with E-state index in [-0.39, 0.29) is 17.8 Å². The van der Waals surface area contributed by atoms with Crippen LogP contribution < -0.4 is 5.32 Å². The number of hydrogen-bond acceptors (Lipinski definition) is 5. The Morgan fingerprint density at radius 3 is 2.53 bits per heavy atom. The topological polar surface area (TPSA) is 72.5 Å². The van der Waals surface area contributed by atoms with Gasteiger partial charge in [0.15, 0.2) is 0 Å².